The van der Waals surface area contributed by atoms with E-state index in [4.69, 9.17) is 17.3 Å². The summed E-state index contributed by atoms with van der Waals surface area (Å²) in [6.45, 7) is 0. The summed E-state index contributed by atoms with van der Waals surface area (Å²) in [5.41, 5.74) is 8.83. The maximum absolute atomic E-state index is 5.90. The summed E-state index contributed by atoms with van der Waals surface area (Å²) in [6.07, 6.45) is 1.86. The molecule has 0 aliphatic carbocycles. The van der Waals surface area contributed by atoms with Gasteiger partial charge in [0.15, 0.2) is 0 Å². The van der Waals surface area contributed by atoms with Gasteiger partial charge in [-0.05, 0) is 23.8 Å². The SMILES string of the molecule is Nc1csc2ncc(-c3ccc(Cl)cc3)cc12. The molecule has 2 N–H and O–H groups in total. The standard InChI is InChI=1S/C13H9ClN2S/c14-10-3-1-8(2-4-10)9-5-11-12(15)7-17-13(11)16-6-9/h1-7H,15H2. The van der Waals surface area contributed by atoms with Gasteiger partial charge in [0.1, 0.15) is 4.83 Å². The molecule has 0 bridgehead atoms. The van der Waals surface area contributed by atoms with Crippen LogP contribution in [0.5, 0.6) is 0 Å². The van der Waals surface area contributed by atoms with Crippen LogP contribution in [-0.4, -0.2) is 4.98 Å². The molecule has 0 radical (unpaired) electrons. The van der Waals surface area contributed by atoms with Crippen molar-refractivity contribution in [3.63, 3.8) is 0 Å². The summed E-state index contributed by atoms with van der Waals surface area (Å²) in [4.78, 5) is 5.38. The molecule has 0 aliphatic rings. The van der Waals surface area contributed by atoms with Gasteiger partial charge in [-0.15, -0.1) is 11.3 Å². The lowest BCUT2D eigenvalue weighted by atomic mass is 10.1. The van der Waals surface area contributed by atoms with E-state index in [1.807, 2.05) is 35.8 Å². The number of pyridine rings is 1. The van der Waals surface area contributed by atoms with Crippen molar-refractivity contribution in [1.82, 2.24) is 4.98 Å². The second-order valence-corrected chi connectivity index (χ2v) is 5.07. The topological polar surface area (TPSA) is 38.9 Å². The molecule has 2 nitrogen and oxygen atoms in total. The van der Waals surface area contributed by atoms with Crippen molar-refractivity contribution in [2.45, 2.75) is 0 Å². The fourth-order valence-electron chi connectivity index (χ4n) is 1.74. The number of benzene rings is 1. The number of anilines is 1. The van der Waals surface area contributed by atoms with Crippen molar-refractivity contribution in [3.8, 4) is 11.1 Å². The molecule has 3 rings (SSSR count). The Morgan fingerprint density at radius 2 is 1.88 bits per heavy atom. The fourth-order valence-corrected chi connectivity index (χ4v) is 2.64. The van der Waals surface area contributed by atoms with E-state index in [0.29, 0.717) is 0 Å². The first-order chi connectivity index (χ1) is 8.24. The highest BCUT2D eigenvalue weighted by Crippen LogP contribution is 2.30. The Kier molecular flexibility index (Phi) is 2.50. The second-order valence-electron chi connectivity index (χ2n) is 3.77. The Morgan fingerprint density at radius 1 is 1.12 bits per heavy atom. The molecular formula is C13H9ClN2S. The summed E-state index contributed by atoms with van der Waals surface area (Å²) in [7, 11) is 0. The van der Waals surface area contributed by atoms with E-state index in [0.717, 1.165) is 32.1 Å². The van der Waals surface area contributed by atoms with Gasteiger partial charge in [-0.1, -0.05) is 23.7 Å². The minimum Gasteiger partial charge on any atom is -0.398 e. The monoisotopic (exact) mass is 260 g/mol. The van der Waals surface area contributed by atoms with Gasteiger partial charge >= 0.3 is 0 Å². The van der Waals surface area contributed by atoms with Gasteiger partial charge in [0.2, 0.25) is 0 Å². The normalized spacial score (nSPS) is 10.9. The van der Waals surface area contributed by atoms with Gasteiger partial charge in [0, 0.05) is 27.5 Å². The summed E-state index contributed by atoms with van der Waals surface area (Å²) in [5, 5.41) is 3.67. The Bertz CT molecular complexity index is 673. The number of nitrogen functional groups attached to an aromatic ring is 1. The molecule has 0 atom stereocenters. The van der Waals surface area contributed by atoms with Crippen LogP contribution in [0.4, 0.5) is 5.69 Å². The Hall–Kier alpha value is -1.58. The van der Waals surface area contributed by atoms with E-state index in [2.05, 4.69) is 11.1 Å². The van der Waals surface area contributed by atoms with E-state index in [1.165, 1.54) is 0 Å². The molecule has 3 aromatic rings. The highest BCUT2D eigenvalue weighted by molar-refractivity contribution is 7.17. The van der Waals surface area contributed by atoms with Gasteiger partial charge in [0.25, 0.3) is 0 Å². The molecule has 4 heteroatoms. The van der Waals surface area contributed by atoms with Crippen molar-refractivity contribution in [2.24, 2.45) is 0 Å². The van der Waals surface area contributed by atoms with E-state index in [-0.39, 0.29) is 0 Å². The zero-order chi connectivity index (χ0) is 11.8. The van der Waals surface area contributed by atoms with Gasteiger partial charge in [-0.3, -0.25) is 0 Å². The van der Waals surface area contributed by atoms with Crippen molar-refractivity contribution in [1.29, 1.82) is 0 Å². The highest BCUT2D eigenvalue weighted by atomic mass is 35.5. The van der Waals surface area contributed by atoms with Gasteiger partial charge < -0.3 is 5.73 Å². The molecule has 0 spiro atoms. The maximum Gasteiger partial charge on any atom is 0.125 e. The third-order valence-corrected chi connectivity index (χ3v) is 3.81. The Labute approximate surface area is 108 Å². The quantitative estimate of drug-likeness (QED) is 0.712. The number of thiophene rings is 1. The molecule has 0 amide bonds. The molecule has 0 fully saturated rings. The molecule has 2 aromatic heterocycles. The van der Waals surface area contributed by atoms with Crippen molar-refractivity contribution >= 4 is 38.8 Å². The molecule has 0 aliphatic heterocycles. The van der Waals surface area contributed by atoms with Crippen molar-refractivity contribution < 1.29 is 0 Å². The minimum atomic E-state index is 0.734. The summed E-state index contributed by atoms with van der Waals surface area (Å²) in [6, 6.07) is 9.77. The lowest BCUT2D eigenvalue weighted by molar-refractivity contribution is 1.44. The van der Waals surface area contributed by atoms with Crippen LogP contribution in [0.25, 0.3) is 21.3 Å². The molecular weight excluding hydrogens is 252 g/mol. The van der Waals surface area contributed by atoms with Crippen LogP contribution >= 0.6 is 22.9 Å². The first-order valence-corrected chi connectivity index (χ1v) is 6.38. The number of hydrogen-bond acceptors (Lipinski definition) is 3. The number of fused-ring (bicyclic) bond motifs is 1. The number of nitrogens with zero attached hydrogens (tertiary/aromatic N) is 1. The lowest BCUT2D eigenvalue weighted by Gasteiger charge is -2.02. The Balaban J connectivity index is 2.17. The number of aromatic nitrogens is 1. The highest BCUT2D eigenvalue weighted by Gasteiger charge is 2.05. The number of rotatable bonds is 1. The van der Waals surface area contributed by atoms with Crippen molar-refractivity contribution in [2.75, 3.05) is 5.73 Å². The first kappa shape index (κ1) is 10.6. The molecule has 0 saturated heterocycles. The minimum absolute atomic E-state index is 0.734. The zero-order valence-electron chi connectivity index (χ0n) is 8.85. The maximum atomic E-state index is 5.90. The third kappa shape index (κ3) is 1.88. The predicted octanol–water partition coefficient (Wildman–Crippen LogP) is 4.20. The van der Waals surface area contributed by atoms with Crippen LogP contribution in [0.3, 0.4) is 0 Å². The smallest absolute Gasteiger partial charge is 0.125 e. The van der Waals surface area contributed by atoms with Gasteiger partial charge in [0.05, 0.1) is 5.69 Å². The van der Waals surface area contributed by atoms with Crippen LogP contribution in [0.1, 0.15) is 0 Å². The molecule has 1 aromatic carbocycles. The van der Waals surface area contributed by atoms with E-state index >= 15 is 0 Å². The molecule has 84 valence electrons. The average Bonchev–Trinajstić information content (AvgIpc) is 2.72. The number of nitrogens with two attached hydrogens (primary N) is 1. The molecule has 17 heavy (non-hydrogen) atoms. The molecule has 0 unspecified atom stereocenters. The van der Waals surface area contributed by atoms with Crippen LogP contribution in [0, 0.1) is 0 Å². The summed E-state index contributed by atoms with van der Waals surface area (Å²) in [5.74, 6) is 0. The van der Waals surface area contributed by atoms with Gasteiger partial charge in [-0.2, -0.15) is 0 Å². The second kappa shape index (κ2) is 4.02. The van der Waals surface area contributed by atoms with Crippen LogP contribution in [0.2, 0.25) is 5.02 Å². The summed E-state index contributed by atoms with van der Waals surface area (Å²) >= 11 is 7.43. The van der Waals surface area contributed by atoms with Crippen LogP contribution in [0.15, 0.2) is 41.9 Å². The zero-order valence-corrected chi connectivity index (χ0v) is 10.4. The first-order valence-electron chi connectivity index (χ1n) is 5.13. The molecule has 0 saturated carbocycles. The molecule has 2 heterocycles. The van der Waals surface area contributed by atoms with Gasteiger partial charge in [-0.25, -0.2) is 4.98 Å². The Morgan fingerprint density at radius 3 is 2.65 bits per heavy atom. The van der Waals surface area contributed by atoms with Crippen molar-refractivity contribution in [3.05, 3.63) is 46.9 Å². The fraction of sp³-hybridized carbons (Fsp3) is 0. The van der Waals surface area contributed by atoms with E-state index in [9.17, 15) is 0 Å². The average molecular weight is 261 g/mol. The van der Waals surface area contributed by atoms with Crippen LogP contribution in [-0.2, 0) is 0 Å². The largest absolute Gasteiger partial charge is 0.398 e. The lowest BCUT2D eigenvalue weighted by Crippen LogP contribution is -1.84. The predicted molar refractivity (Wildman–Crippen MR) is 74.5 cm³/mol. The third-order valence-electron chi connectivity index (χ3n) is 2.64. The number of hydrogen-bond donors (Lipinski definition) is 1. The van der Waals surface area contributed by atoms with E-state index in [1.54, 1.807) is 11.3 Å². The summed E-state index contributed by atoms with van der Waals surface area (Å²) < 4.78 is 0. The van der Waals surface area contributed by atoms with Crippen LogP contribution < -0.4 is 5.73 Å². The number of halogens is 1. The van der Waals surface area contributed by atoms with E-state index < -0.39 is 0 Å².